The fraction of sp³-hybridized carbons (Fsp3) is 0.500. The lowest BCUT2D eigenvalue weighted by molar-refractivity contribution is -0.120. The van der Waals surface area contributed by atoms with Gasteiger partial charge in [0.25, 0.3) is 0 Å². The minimum absolute atomic E-state index is 0.0394. The van der Waals surface area contributed by atoms with E-state index in [2.05, 4.69) is 19.2 Å². The molecule has 0 bridgehead atoms. The number of hydrogen-bond acceptors (Lipinski definition) is 1. The number of carbonyl (C=O) groups is 1. The molecule has 1 aromatic rings. The zero-order valence-electron chi connectivity index (χ0n) is 10.5. The topological polar surface area (TPSA) is 29.1 Å². The quantitative estimate of drug-likeness (QED) is 0.809. The summed E-state index contributed by atoms with van der Waals surface area (Å²) in [5, 5.41) is 2.89. The Hall–Kier alpha value is -1.38. The number of amides is 1. The fourth-order valence-corrected chi connectivity index (χ4v) is 1.73. The predicted octanol–water partition coefficient (Wildman–Crippen LogP) is 2.92. The van der Waals surface area contributed by atoms with E-state index in [-0.39, 0.29) is 18.1 Å². The van der Waals surface area contributed by atoms with Crippen LogP contribution in [0.25, 0.3) is 0 Å². The Balaban J connectivity index is 2.39. The molecule has 17 heavy (non-hydrogen) atoms. The lowest BCUT2D eigenvalue weighted by Gasteiger charge is -2.13. The number of rotatable bonds is 6. The lowest BCUT2D eigenvalue weighted by Crippen LogP contribution is -2.30. The van der Waals surface area contributed by atoms with E-state index >= 15 is 0 Å². The molecule has 1 N–H and O–H groups in total. The number of carbonyl (C=O) groups excluding carboxylic acids is 1. The maximum atomic E-state index is 12.9. The summed E-state index contributed by atoms with van der Waals surface area (Å²) in [4.78, 5) is 11.6. The van der Waals surface area contributed by atoms with Crippen molar-refractivity contribution in [2.24, 2.45) is 5.92 Å². The number of nitrogens with one attached hydrogen (secondary N) is 1. The molecule has 1 rings (SSSR count). The molecule has 0 spiro atoms. The maximum Gasteiger partial charge on any atom is 0.224 e. The van der Waals surface area contributed by atoms with E-state index in [1.165, 1.54) is 12.1 Å². The number of halogens is 1. The molecule has 0 saturated carbocycles. The van der Waals surface area contributed by atoms with E-state index < -0.39 is 0 Å². The third-order valence-corrected chi connectivity index (χ3v) is 3.00. The van der Waals surface area contributed by atoms with Crippen LogP contribution >= 0.6 is 0 Å². The molecule has 0 radical (unpaired) electrons. The van der Waals surface area contributed by atoms with Crippen LogP contribution in [0.3, 0.4) is 0 Å². The Morgan fingerprint density at radius 1 is 1.35 bits per heavy atom. The van der Waals surface area contributed by atoms with Crippen LogP contribution < -0.4 is 5.32 Å². The van der Waals surface area contributed by atoms with Gasteiger partial charge in [-0.3, -0.25) is 4.79 Å². The van der Waals surface area contributed by atoms with Crippen LogP contribution in [0, 0.1) is 11.7 Å². The van der Waals surface area contributed by atoms with E-state index in [4.69, 9.17) is 0 Å². The molecular formula is C14H20FNO. The van der Waals surface area contributed by atoms with E-state index in [0.29, 0.717) is 18.0 Å². The van der Waals surface area contributed by atoms with Crippen molar-refractivity contribution in [3.8, 4) is 0 Å². The van der Waals surface area contributed by atoms with Crippen molar-refractivity contribution < 1.29 is 9.18 Å². The summed E-state index contributed by atoms with van der Waals surface area (Å²) in [7, 11) is 0. The van der Waals surface area contributed by atoms with Crippen LogP contribution in [0.15, 0.2) is 24.3 Å². The molecule has 0 aromatic heterocycles. The summed E-state index contributed by atoms with van der Waals surface area (Å²) in [6.45, 7) is 4.95. The van der Waals surface area contributed by atoms with Gasteiger partial charge in [-0.1, -0.05) is 38.8 Å². The van der Waals surface area contributed by atoms with Gasteiger partial charge in [-0.05, 0) is 23.6 Å². The first-order valence-corrected chi connectivity index (χ1v) is 6.16. The van der Waals surface area contributed by atoms with Crippen LogP contribution in [0.5, 0.6) is 0 Å². The van der Waals surface area contributed by atoms with Gasteiger partial charge < -0.3 is 5.32 Å². The molecule has 0 heterocycles. The van der Waals surface area contributed by atoms with Crippen LogP contribution in [0.4, 0.5) is 4.39 Å². The van der Waals surface area contributed by atoms with Crippen molar-refractivity contribution in [3.63, 3.8) is 0 Å². The SMILES string of the molecule is CCC(CC)CNC(=O)Cc1cccc(F)c1. The van der Waals surface area contributed by atoms with E-state index in [9.17, 15) is 9.18 Å². The van der Waals surface area contributed by atoms with E-state index in [1.807, 2.05) is 0 Å². The predicted molar refractivity (Wildman–Crippen MR) is 67.2 cm³/mol. The second-order valence-electron chi connectivity index (χ2n) is 4.29. The van der Waals surface area contributed by atoms with Crippen LogP contribution in [-0.2, 0) is 11.2 Å². The molecule has 0 aliphatic carbocycles. The average Bonchev–Trinajstić information content (AvgIpc) is 2.30. The third kappa shape index (κ3) is 4.98. The molecular weight excluding hydrogens is 217 g/mol. The van der Waals surface area contributed by atoms with Gasteiger partial charge in [0.2, 0.25) is 5.91 Å². The summed E-state index contributed by atoms with van der Waals surface area (Å²) in [5.74, 6) is 0.198. The van der Waals surface area contributed by atoms with Gasteiger partial charge in [-0.2, -0.15) is 0 Å². The molecule has 0 fully saturated rings. The zero-order chi connectivity index (χ0) is 12.7. The summed E-state index contributed by atoms with van der Waals surface area (Å²) in [6.07, 6.45) is 2.38. The van der Waals surface area contributed by atoms with Crippen molar-refractivity contribution in [1.29, 1.82) is 0 Å². The first-order chi connectivity index (χ1) is 8.15. The average molecular weight is 237 g/mol. The van der Waals surface area contributed by atoms with Crippen LogP contribution in [0.1, 0.15) is 32.3 Å². The van der Waals surface area contributed by atoms with Crippen molar-refractivity contribution in [2.75, 3.05) is 6.54 Å². The normalized spacial score (nSPS) is 10.6. The smallest absolute Gasteiger partial charge is 0.224 e. The second-order valence-corrected chi connectivity index (χ2v) is 4.29. The molecule has 1 aromatic carbocycles. The molecule has 1 amide bonds. The van der Waals surface area contributed by atoms with E-state index in [0.717, 1.165) is 12.8 Å². The molecule has 0 aliphatic rings. The first kappa shape index (κ1) is 13.7. The van der Waals surface area contributed by atoms with Crippen LogP contribution in [0.2, 0.25) is 0 Å². The van der Waals surface area contributed by atoms with Gasteiger partial charge in [0, 0.05) is 6.54 Å². The van der Waals surface area contributed by atoms with Gasteiger partial charge in [0.15, 0.2) is 0 Å². The highest BCUT2D eigenvalue weighted by Gasteiger charge is 2.07. The Bertz CT molecular complexity index is 361. The van der Waals surface area contributed by atoms with Crippen LogP contribution in [-0.4, -0.2) is 12.5 Å². The Kier molecular flexibility index (Phi) is 5.67. The highest BCUT2D eigenvalue weighted by Crippen LogP contribution is 2.06. The van der Waals surface area contributed by atoms with Crippen molar-refractivity contribution >= 4 is 5.91 Å². The van der Waals surface area contributed by atoms with Crippen molar-refractivity contribution in [1.82, 2.24) is 5.32 Å². The summed E-state index contributed by atoms with van der Waals surface area (Å²) in [5.41, 5.74) is 0.715. The molecule has 0 aliphatic heterocycles. The molecule has 2 nitrogen and oxygen atoms in total. The highest BCUT2D eigenvalue weighted by atomic mass is 19.1. The van der Waals surface area contributed by atoms with Gasteiger partial charge in [0.05, 0.1) is 6.42 Å². The Labute approximate surface area is 102 Å². The number of benzene rings is 1. The van der Waals surface area contributed by atoms with Gasteiger partial charge in [-0.25, -0.2) is 4.39 Å². The third-order valence-electron chi connectivity index (χ3n) is 3.00. The second kappa shape index (κ2) is 7.05. The minimum Gasteiger partial charge on any atom is -0.356 e. The fourth-order valence-electron chi connectivity index (χ4n) is 1.73. The van der Waals surface area contributed by atoms with Gasteiger partial charge >= 0.3 is 0 Å². The Morgan fingerprint density at radius 2 is 2.06 bits per heavy atom. The summed E-state index contributed by atoms with van der Waals surface area (Å²) in [6, 6.07) is 6.17. The molecule has 0 saturated heterocycles. The summed E-state index contributed by atoms with van der Waals surface area (Å²) < 4.78 is 12.9. The Morgan fingerprint density at radius 3 is 2.65 bits per heavy atom. The van der Waals surface area contributed by atoms with Gasteiger partial charge in [0.1, 0.15) is 5.82 Å². The maximum absolute atomic E-state index is 12.9. The molecule has 3 heteroatoms. The lowest BCUT2D eigenvalue weighted by atomic mass is 10.0. The summed E-state index contributed by atoms with van der Waals surface area (Å²) >= 11 is 0. The van der Waals surface area contributed by atoms with Crippen molar-refractivity contribution in [3.05, 3.63) is 35.6 Å². The monoisotopic (exact) mass is 237 g/mol. The standard InChI is InChI=1S/C14H20FNO/c1-3-11(4-2)10-16-14(17)9-12-6-5-7-13(15)8-12/h5-8,11H,3-4,9-10H2,1-2H3,(H,16,17). The van der Waals surface area contributed by atoms with Gasteiger partial charge in [-0.15, -0.1) is 0 Å². The highest BCUT2D eigenvalue weighted by molar-refractivity contribution is 5.78. The first-order valence-electron chi connectivity index (χ1n) is 6.16. The minimum atomic E-state index is -0.296. The number of hydrogen-bond donors (Lipinski definition) is 1. The largest absolute Gasteiger partial charge is 0.356 e. The van der Waals surface area contributed by atoms with Crippen molar-refractivity contribution in [2.45, 2.75) is 33.1 Å². The zero-order valence-corrected chi connectivity index (χ0v) is 10.5. The molecule has 94 valence electrons. The molecule has 0 unspecified atom stereocenters. The molecule has 0 atom stereocenters. The van der Waals surface area contributed by atoms with E-state index in [1.54, 1.807) is 12.1 Å².